The number of carbonyl (C=O) groups is 1. The molecule has 3 heterocycles. The van der Waals surface area contributed by atoms with Gasteiger partial charge in [-0.25, -0.2) is 0 Å². The highest BCUT2D eigenvalue weighted by molar-refractivity contribution is 5.92. The van der Waals surface area contributed by atoms with Crippen molar-refractivity contribution >= 4 is 28.1 Å². The highest BCUT2D eigenvalue weighted by Crippen LogP contribution is 2.31. The van der Waals surface area contributed by atoms with Gasteiger partial charge in [0, 0.05) is 67.1 Å². The number of hydrogen-bond acceptors (Lipinski definition) is 4. The molecule has 1 aromatic heterocycles. The van der Waals surface area contributed by atoms with Gasteiger partial charge in [0.2, 0.25) is 0 Å². The predicted molar refractivity (Wildman–Crippen MR) is 133 cm³/mol. The lowest BCUT2D eigenvalue weighted by atomic mass is 9.88. The Kier molecular flexibility index (Phi) is 5.92. The van der Waals surface area contributed by atoms with Crippen molar-refractivity contribution in [3.05, 3.63) is 60.3 Å². The number of aromatic nitrogens is 1. The Morgan fingerprint density at radius 2 is 1.84 bits per heavy atom. The Morgan fingerprint density at radius 1 is 1.03 bits per heavy atom. The summed E-state index contributed by atoms with van der Waals surface area (Å²) in [6.45, 7) is 8.00. The molecule has 2 aromatic carbocycles. The van der Waals surface area contributed by atoms with Crippen molar-refractivity contribution in [2.45, 2.75) is 45.2 Å². The van der Waals surface area contributed by atoms with Crippen LogP contribution in [0.3, 0.4) is 0 Å². The first-order valence-corrected chi connectivity index (χ1v) is 12.0. The number of H-pyrrole nitrogens is 1. The fourth-order valence-corrected chi connectivity index (χ4v) is 5.49. The maximum atomic E-state index is 13.5. The number of hydrogen-bond donors (Lipinski definition) is 2. The van der Waals surface area contributed by atoms with Crippen LogP contribution in [0.25, 0.3) is 10.9 Å². The number of rotatable bonds is 6. The Balaban J connectivity index is 1.34. The Morgan fingerprint density at radius 3 is 2.66 bits per heavy atom. The Bertz CT molecular complexity index is 1080. The van der Waals surface area contributed by atoms with Crippen LogP contribution in [0.1, 0.15) is 32.3 Å². The summed E-state index contributed by atoms with van der Waals surface area (Å²) in [5.41, 5.74) is 5.03. The number of aromatic amines is 1. The van der Waals surface area contributed by atoms with Crippen LogP contribution in [-0.4, -0.2) is 53.9 Å². The van der Waals surface area contributed by atoms with Gasteiger partial charge in [-0.05, 0) is 48.6 Å². The standard InChI is InChI=1S/C27H34N4O/c1-19(2)18-26(32)27(24-11-10-20-6-3-4-7-22(20)29-24)31-16-14-30(15-17-31)25-9-5-8-23-21(25)12-13-28-23/h3-9,12-13,19,24,27-29H,10-11,14-18H2,1-2H3. The molecule has 1 saturated heterocycles. The van der Waals surface area contributed by atoms with Crippen LogP contribution in [0.2, 0.25) is 0 Å². The molecule has 0 spiro atoms. The summed E-state index contributed by atoms with van der Waals surface area (Å²) >= 11 is 0. The van der Waals surface area contributed by atoms with Crippen molar-refractivity contribution in [3.63, 3.8) is 0 Å². The summed E-state index contributed by atoms with van der Waals surface area (Å²) in [5.74, 6) is 0.770. The Labute approximate surface area is 190 Å². The van der Waals surface area contributed by atoms with E-state index in [9.17, 15) is 4.79 Å². The molecule has 1 fully saturated rings. The third-order valence-corrected chi connectivity index (χ3v) is 7.02. The smallest absolute Gasteiger partial charge is 0.152 e. The number of anilines is 2. The summed E-state index contributed by atoms with van der Waals surface area (Å²) in [7, 11) is 0. The third kappa shape index (κ3) is 4.14. The molecule has 2 N–H and O–H groups in total. The number of Topliss-reactive ketones (excluding diaryl/α,β-unsaturated/α-hetero) is 1. The molecule has 5 heteroatoms. The molecule has 168 valence electrons. The van der Waals surface area contributed by atoms with Crippen molar-refractivity contribution in [2.75, 3.05) is 36.4 Å². The fourth-order valence-electron chi connectivity index (χ4n) is 5.49. The second kappa shape index (κ2) is 8.99. The molecular formula is C27H34N4O. The van der Waals surface area contributed by atoms with Gasteiger partial charge in [0.15, 0.2) is 5.78 Å². The van der Waals surface area contributed by atoms with Crippen molar-refractivity contribution in [2.24, 2.45) is 5.92 Å². The van der Waals surface area contributed by atoms with E-state index in [2.05, 4.69) is 82.5 Å². The van der Waals surface area contributed by atoms with Gasteiger partial charge in [-0.2, -0.15) is 0 Å². The second-order valence-corrected chi connectivity index (χ2v) is 9.69. The van der Waals surface area contributed by atoms with Gasteiger partial charge in [0.25, 0.3) is 0 Å². The molecule has 2 aliphatic rings. The number of nitrogens with one attached hydrogen (secondary N) is 2. The maximum Gasteiger partial charge on any atom is 0.152 e. The van der Waals surface area contributed by atoms with E-state index in [4.69, 9.17) is 0 Å². The number of carbonyl (C=O) groups excluding carboxylic acids is 1. The molecule has 0 amide bonds. The zero-order valence-corrected chi connectivity index (χ0v) is 19.2. The topological polar surface area (TPSA) is 51.4 Å². The number of aryl methyl sites for hydroxylation is 1. The largest absolute Gasteiger partial charge is 0.380 e. The van der Waals surface area contributed by atoms with Gasteiger partial charge in [0.1, 0.15) is 0 Å². The normalized spacial score (nSPS) is 20.2. The van der Waals surface area contributed by atoms with E-state index in [1.54, 1.807) is 0 Å². The number of fused-ring (bicyclic) bond motifs is 2. The van der Waals surface area contributed by atoms with Crippen LogP contribution < -0.4 is 10.2 Å². The van der Waals surface area contributed by atoms with E-state index >= 15 is 0 Å². The van der Waals surface area contributed by atoms with Crippen molar-refractivity contribution < 1.29 is 4.79 Å². The van der Waals surface area contributed by atoms with Crippen LogP contribution in [0, 0.1) is 5.92 Å². The van der Waals surface area contributed by atoms with E-state index in [1.807, 2.05) is 6.20 Å². The highest BCUT2D eigenvalue weighted by atomic mass is 16.1. The minimum absolute atomic E-state index is 0.0593. The lowest BCUT2D eigenvalue weighted by Gasteiger charge is -2.44. The van der Waals surface area contributed by atoms with E-state index in [0.29, 0.717) is 18.1 Å². The lowest BCUT2D eigenvalue weighted by Crippen LogP contribution is -2.59. The third-order valence-electron chi connectivity index (χ3n) is 7.02. The molecule has 2 aliphatic heterocycles. The molecule has 0 aliphatic carbocycles. The second-order valence-electron chi connectivity index (χ2n) is 9.69. The van der Waals surface area contributed by atoms with Crippen LogP contribution in [0.4, 0.5) is 11.4 Å². The number of nitrogens with zero attached hydrogens (tertiary/aromatic N) is 2. The van der Waals surface area contributed by atoms with Gasteiger partial charge in [0.05, 0.1) is 6.04 Å². The fraction of sp³-hybridized carbons (Fsp3) is 0.444. The van der Waals surface area contributed by atoms with Crippen LogP contribution in [0.5, 0.6) is 0 Å². The maximum absolute atomic E-state index is 13.5. The predicted octanol–water partition coefficient (Wildman–Crippen LogP) is 4.70. The summed E-state index contributed by atoms with van der Waals surface area (Å²) in [6.07, 6.45) is 4.70. The molecule has 5 nitrogen and oxygen atoms in total. The van der Waals surface area contributed by atoms with E-state index in [1.165, 1.54) is 27.8 Å². The number of piperazine rings is 1. The lowest BCUT2D eigenvalue weighted by molar-refractivity contribution is -0.125. The van der Waals surface area contributed by atoms with Crippen LogP contribution >= 0.6 is 0 Å². The molecule has 3 aromatic rings. The Hall–Kier alpha value is -2.79. The molecule has 2 unspecified atom stereocenters. The monoisotopic (exact) mass is 430 g/mol. The van der Waals surface area contributed by atoms with Crippen molar-refractivity contribution in [3.8, 4) is 0 Å². The molecule has 0 radical (unpaired) electrons. The van der Waals surface area contributed by atoms with Gasteiger partial charge in [-0.15, -0.1) is 0 Å². The zero-order valence-electron chi connectivity index (χ0n) is 19.2. The van der Waals surface area contributed by atoms with E-state index in [-0.39, 0.29) is 12.1 Å². The average molecular weight is 431 g/mol. The number of benzene rings is 2. The van der Waals surface area contributed by atoms with Gasteiger partial charge in [-0.1, -0.05) is 38.1 Å². The highest BCUT2D eigenvalue weighted by Gasteiger charge is 2.37. The summed E-state index contributed by atoms with van der Waals surface area (Å²) in [4.78, 5) is 21.7. The molecule has 5 rings (SSSR count). The first-order valence-electron chi connectivity index (χ1n) is 12.0. The minimum Gasteiger partial charge on any atom is -0.380 e. The minimum atomic E-state index is -0.0593. The SMILES string of the molecule is CC(C)CC(=O)C(C1CCc2ccccc2N1)N1CCN(c2cccc3[nH]ccc23)CC1. The summed E-state index contributed by atoms with van der Waals surface area (Å²) < 4.78 is 0. The molecule has 32 heavy (non-hydrogen) atoms. The van der Waals surface area contributed by atoms with Crippen molar-refractivity contribution in [1.29, 1.82) is 0 Å². The molecule has 0 bridgehead atoms. The summed E-state index contributed by atoms with van der Waals surface area (Å²) in [5, 5.41) is 5.01. The number of para-hydroxylation sites is 1. The average Bonchev–Trinajstić information content (AvgIpc) is 3.28. The van der Waals surface area contributed by atoms with Crippen molar-refractivity contribution in [1.82, 2.24) is 9.88 Å². The van der Waals surface area contributed by atoms with Gasteiger partial charge >= 0.3 is 0 Å². The van der Waals surface area contributed by atoms with Gasteiger partial charge in [-0.3, -0.25) is 9.69 Å². The molecule has 2 atom stereocenters. The quantitative estimate of drug-likeness (QED) is 0.595. The van der Waals surface area contributed by atoms with E-state index in [0.717, 1.165) is 39.0 Å². The summed E-state index contributed by atoms with van der Waals surface area (Å²) in [6, 6.07) is 17.3. The molecule has 0 saturated carbocycles. The van der Waals surface area contributed by atoms with Crippen LogP contribution in [-0.2, 0) is 11.2 Å². The van der Waals surface area contributed by atoms with E-state index < -0.39 is 0 Å². The van der Waals surface area contributed by atoms with Gasteiger partial charge < -0.3 is 15.2 Å². The first-order chi connectivity index (χ1) is 15.6. The first kappa shape index (κ1) is 21.1. The molecular weight excluding hydrogens is 396 g/mol. The van der Waals surface area contributed by atoms with Crippen LogP contribution in [0.15, 0.2) is 54.7 Å². The number of ketones is 1. The zero-order chi connectivity index (χ0) is 22.1.